The van der Waals surface area contributed by atoms with E-state index in [-0.39, 0.29) is 30.8 Å². The van der Waals surface area contributed by atoms with Crippen molar-refractivity contribution in [3.63, 3.8) is 0 Å². The molecule has 7 nitrogen and oxygen atoms in total. The second-order valence-corrected chi connectivity index (χ2v) is 7.56. The van der Waals surface area contributed by atoms with E-state index in [0.29, 0.717) is 11.3 Å². The number of hydrogen-bond acceptors (Lipinski definition) is 7. The minimum absolute atomic E-state index is 0.0934. The molecule has 0 N–H and O–H groups in total. The van der Waals surface area contributed by atoms with Crippen molar-refractivity contribution < 1.29 is 33.3 Å². The molecule has 0 amide bonds. The molecule has 3 heterocycles. The Labute approximate surface area is 158 Å². The van der Waals surface area contributed by atoms with Crippen LogP contribution in [0.15, 0.2) is 36.1 Å². The van der Waals surface area contributed by atoms with Crippen molar-refractivity contribution in [2.45, 2.75) is 44.5 Å². The molecule has 27 heavy (non-hydrogen) atoms. The van der Waals surface area contributed by atoms with E-state index in [1.54, 1.807) is 13.8 Å². The van der Waals surface area contributed by atoms with Crippen LogP contribution in [0, 0.1) is 11.8 Å². The third-order valence-electron chi connectivity index (χ3n) is 5.35. The van der Waals surface area contributed by atoms with E-state index < -0.39 is 41.6 Å². The third-order valence-corrected chi connectivity index (χ3v) is 5.35. The fourth-order valence-electron chi connectivity index (χ4n) is 3.90. The second-order valence-electron chi connectivity index (χ2n) is 7.56. The number of allylic oxidation sites excluding steroid dienone is 1. The zero-order valence-electron chi connectivity index (χ0n) is 15.8. The number of ketones is 1. The van der Waals surface area contributed by atoms with E-state index in [0.717, 1.165) is 0 Å². The number of hydrogen-bond donors (Lipinski definition) is 0. The number of ether oxygens (including phenoxy) is 4. The molecule has 3 aliphatic heterocycles. The van der Waals surface area contributed by atoms with Gasteiger partial charge in [-0.05, 0) is 19.4 Å². The van der Waals surface area contributed by atoms with Gasteiger partial charge in [-0.1, -0.05) is 13.2 Å². The first-order chi connectivity index (χ1) is 12.7. The van der Waals surface area contributed by atoms with E-state index in [4.69, 9.17) is 18.9 Å². The first-order valence-electron chi connectivity index (χ1n) is 8.85. The van der Waals surface area contributed by atoms with E-state index >= 15 is 0 Å². The maximum absolute atomic E-state index is 12.5. The summed E-state index contributed by atoms with van der Waals surface area (Å²) in [6, 6.07) is 0. The zero-order chi connectivity index (χ0) is 19.9. The van der Waals surface area contributed by atoms with Gasteiger partial charge >= 0.3 is 11.9 Å². The number of carbonyl (C=O) groups is 3. The fourth-order valence-corrected chi connectivity index (χ4v) is 3.90. The lowest BCUT2D eigenvalue weighted by molar-refractivity contribution is -0.155. The Morgan fingerprint density at radius 1 is 1.41 bits per heavy atom. The van der Waals surface area contributed by atoms with E-state index in [2.05, 4.69) is 13.2 Å². The van der Waals surface area contributed by atoms with Gasteiger partial charge in [0.25, 0.3) is 0 Å². The van der Waals surface area contributed by atoms with Crippen molar-refractivity contribution in [3.05, 3.63) is 36.1 Å². The molecule has 0 unspecified atom stereocenters. The highest BCUT2D eigenvalue weighted by Gasteiger charge is 2.55. The number of esters is 2. The summed E-state index contributed by atoms with van der Waals surface area (Å²) in [5, 5.41) is 0. The maximum atomic E-state index is 12.5. The molecule has 0 aromatic heterocycles. The van der Waals surface area contributed by atoms with Gasteiger partial charge in [-0.25, -0.2) is 4.79 Å². The van der Waals surface area contributed by atoms with Crippen LogP contribution >= 0.6 is 0 Å². The Morgan fingerprint density at radius 2 is 2.11 bits per heavy atom. The summed E-state index contributed by atoms with van der Waals surface area (Å²) >= 11 is 0. The van der Waals surface area contributed by atoms with Gasteiger partial charge in [-0.3, -0.25) is 9.59 Å². The molecule has 5 atom stereocenters. The quantitative estimate of drug-likeness (QED) is 0.547. The van der Waals surface area contributed by atoms with Crippen molar-refractivity contribution in [3.8, 4) is 0 Å². The molecular weight excluding hydrogens is 352 g/mol. The first kappa shape index (κ1) is 19.4. The lowest BCUT2D eigenvalue weighted by atomic mass is 9.78. The number of rotatable bonds is 4. The summed E-state index contributed by atoms with van der Waals surface area (Å²) in [6.45, 7) is 10.9. The summed E-state index contributed by atoms with van der Waals surface area (Å²) in [6.07, 6.45) is 0.460. The van der Waals surface area contributed by atoms with Crippen LogP contribution in [0.3, 0.4) is 0 Å². The summed E-state index contributed by atoms with van der Waals surface area (Å²) in [4.78, 5) is 37.2. The number of carbonyl (C=O) groups excluding carboxylic acids is 3. The van der Waals surface area contributed by atoms with Gasteiger partial charge < -0.3 is 18.9 Å². The summed E-state index contributed by atoms with van der Waals surface area (Å²) in [5.74, 6) is -1.92. The molecule has 146 valence electrons. The van der Waals surface area contributed by atoms with Crippen LogP contribution in [0.1, 0.15) is 26.7 Å². The van der Waals surface area contributed by atoms with Gasteiger partial charge in [0.15, 0.2) is 5.60 Å². The predicted molar refractivity (Wildman–Crippen MR) is 94.4 cm³/mol. The van der Waals surface area contributed by atoms with E-state index in [9.17, 15) is 14.4 Å². The Kier molecular flexibility index (Phi) is 4.99. The van der Waals surface area contributed by atoms with Crippen molar-refractivity contribution >= 4 is 17.7 Å². The molecule has 3 aliphatic rings. The average molecular weight is 376 g/mol. The Hall–Kier alpha value is -2.41. The van der Waals surface area contributed by atoms with Crippen molar-refractivity contribution in [1.82, 2.24) is 0 Å². The molecule has 3 rings (SSSR count). The molecule has 0 spiro atoms. The molecule has 7 heteroatoms. The van der Waals surface area contributed by atoms with Crippen LogP contribution in [0.2, 0.25) is 0 Å². The molecular formula is C20H24O7. The van der Waals surface area contributed by atoms with Crippen LogP contribution in [-0.4, -0.2) is 49.2 Å². The molecule has 0 aliphatic carbocycles. The molecule has 0 saturated carbocycles. The third kappa shape index (κ3) is 3.43. The van der Waals surface area contributed by atoms with Gasteiger partial charge in [-0.2, -0.15) is 0 Å². The molecule has 2 bridgehead atoms. The lowest BCUT2D eigenvalue weighted by Gasteiger charge is -2.33. The van der Waals surface area contributed by atoms with E-state index in [1.807, 2.05) is 0 Å². The maximum Gasteiger partial charge on any atom is 0.333 e. The predicted octanol–water partition coefficient (Wildman–Crippen LogP) is 1.87. The Balaban J connectivity index is 2.03. The first-order valence-corrected chi connectivity index (χ1v) is 8.85. The highest BCUT2D eigenvalue weighted by atomic mass is 16.6. The molecule has 0 radical (unpaired) electrons. The zero-order valence-corrected chi connectivity index (χ0v) is 15.8. The smallest absolute Gasteiger partial charge is 0.333 e. The number of fused-ring (bicyclic) bond motifs is 3. The van der Waals surface area contributed by atoms with Crippen LogP contribution in [0.25, 0.3) is 0 Å². The molecule has 0 aromatic rings. The van der Waals surface area contributed by atoms with Crippen LogP contribution < -0.4 is 0 Å². The summed E-state index contributed by atoms with van der Waals surface area (Å²) in [7, 11) is 1.49. The standard InChI is InChI=1S/C20H24O7/c1-10(2)18(22)26-15-8-20(4)16(21)7-13(27-20)11(3)6-14-17(15)12(9-24-5)19(23)25-14/h7,12,14-15,17H,1,3,6,8-9H2,2,4-5H3/t12-,14+,15-,17+,20-/m1/s1. The number of methoxy groups -OCH3 is 1. The highest BCUT2D eigenvalue weighted by molar-refractivity contribution is 6.00. The van der Waals surface area contributed by atoms with Gasteiger partial charge in [0.1, 0.15) is 18.0 Å². The van der Waals surface area contributed by atoms with Crippen molar-refractivity contribution in [2.24, 2.45) is 11.8 Å². The Bertz CT molecular complexity index is 749. The van der Waals surface area contributed by atoms with Crippen molar-refractivity contribution in [1.29, 1.82) is 0 Å². The molecule has 2 fully saturated rings. The summed E-state index contributed by atoms with van der Waals surface area (Å²) < 4.78 is 22.3. The summed E-state index contributed by atoms with van der Waals surface area (Å²) in [5.41, 5.74) is -0.400. The topological polar surface area (TPSA) is 88.1 Å². The van der Waals surface area contributed by atoms with Crippen LogP contribution in [0.4, 0.5) is 0 Å². The van der Waals surface area contributed by atoms with Crippen LogP contribution in [0.5, 0.6) is 0 Å². The van der Waals surface area contributed by atoms with Gasteiger partial charge in [0, 0.05) is 37.5 Å². The monoisotopic (exact) mass is 376 g/mol. The lowest BCUT2D eigenvalue weighted by Crippen LogP contribution is -2.45. The minimum Gasteiger partial charge on any atom is -0.479 e. The SMILES string of the molecule is C=C(C)C(=O)O[C@@H]1C[C@@]2(C)OC(=CC2=O)C(=C)C[C@@H]2OC(=O)[C@H](COC)[C@@H]21. The van der Waals surface area contributed by atoms with Gasteiger partial charge in [0.2, 0.25) is 5.78 Å². The molecule has 0 aromatic carbocycles. The van der Waals surface area contributed by atoms with Crippen molar-refractivity contribution in [2.75, 3.05) is 13.7 Å². The van der Waals surface area contributed by atoms with E-state index in [1.165, 1.54) is 13.2 Å². The van der Waals surface area contributed by atoms with Gasteiger partial charge in [0.05, 0.1) is 12.5 Å². The van der Waals surface area contributed by atoms with Crippen LogP contribution in [-0.2, 0) is 33.3 Å². The highest BCUT2D eigenvalue weighted by Crippen LogP contribution is 2.44. The Morgan fingerprint density at radius 3 is 2.74 bits per heavy atom. The fraction of sp³-hybridized carbons (Fsp3) is 0.550. The largest absolute Gasteiger partial charge is 0.479 e. The van der Waals surface area contributed by atoms with Gasteiger partial charge in [-0.15, -0.1) is 0 Å². The average Bonchev–Trinajstić information content (AvgIpc) is 3.05. The normalized spacial score (nSPS) is 35.2. The minimum atomic E-state index is -1.20. The molecule has 2 saturated heterocycles. The second kappa shape index (κ2) is 6.96.